The summed E-state index contributed by atoms with van der Waals surface area (Å²) in [4.78, 5) is 29.0. The van der Waals surface area contributed by atoms with Gasteiger partial charge in [0, 0.05) is 23.9 Å². The lowest BCUT2D eigenvalue weighted by Crippen LogP contribution is -2.42. The number of carbonyl (C=O) groups is 2. The van der Waals surface area contributed by atoms with E-state index in [9.17, 15) is 9.59 Å². The molecular weight excluding hydrogens is 516 g/mol. The highest BCUT2D eigenvalue weighted by molar-refractivity contribution is 5.98. The van der Waals surface area contributed by atoms with Gasteiger partial charge in [-0.3, -0.25) is 9.59 Å². The van der Waals surface area contributed by atoms with Crippen molar-refractivity contribution in [3.8, 4) is 34.4 Å². The van der Waals surface area contributed by atoms with E-state index in [1.54, 1.807) is 43.5 Å². The monoisotopic (exact) mass is 544 g/mol. The predicted octanol–water partition coefficient (Wildman–Crippen LogP) is 2.48. The molecule has 4 aromatic rings. The standard InChI is InChI=1S/C28H28N6O6/c1-37-22-10-8-20(14-24(22)38-2)28-30-32-34(31-28)18-27(36)33(17-26(35)29-16-19-6-4-3-5-7-19)21-9-11-23-25(15-21)40-13-12-39-23/h3-11,14-15H,12-13,16-18H2,1-2H3,(H,29,35). The largest absolute Gasteiger partial charge is 0.493 e. The van der Waals surface area contributed by atoms with E-state index in [1.165, 1.54) is 16.8 Å². The van der Waals surface area contributed by atoms with Gasteiger partial charge in [0.2, 0.25) is 11.7 Å². The lowest BCUT2D eigenvalue weighted by atomic mass is 10.2. The number of amides is 2. The minimum Gasteiger partial charge on any atom is -0.493 e. The molecule has 0 aliphatic carbocycles. The summed E-state index contributed by atoms with van der Waals surface area (Å²) in [5.74, 6) is 1.72. The summed E-state index contributed by atoms with van der Waals surface area (Å²) in [6.07, 6.45) is 0. The van der Waals surface area contributed by atoms with Gasteiger partial charge in [-0.05, 0) is 41.1 Å². The van der Waals surface area contributed by atoms with Gasteiger partial charge in [-0.1, -0.05) is 30.3 Å². The number of benzene rings is 3. The topological polar surface area (TPSA) is 130 Å². The van der Waals surface area contributed by atoms with Crippen LogP contribution in [0.4, 0.5) is 5.69 Å². The molecular formula is C28H28N6O6. The minimum absolute atomic E-state index is 0.220. The Morgan fingerprint density at radius 1 is 0.950 bits per heavy atom. The number of aromatic nitrogens is 4. The quantitative estimate of drug-likeness (QED) is 0.320. The normalized spacial score (nSPS) is 11.9. The number of nitrogens with one attached hydrogen (secondary N) is 1. The Morgan fingerprint density at radius 2 is 1.73 bits per heavy atom. The van der Waals surface area contributed by atoms with Gasteiger partial charge in [-0.25, -0.2) is 0 Å². The number of ether oxygens (including phenoxy) is 4. The van der Waals surface area contributed by atoms with Gasteiger partial charge in [0.25, 0.3) is 5.91 Å². The minimum atomic E-state index is -0.414. The molecule has 40 heavy (non-hydrogen) atoms. The van der Waals surface area contributed by atoms with Crippen LogP contribution in [0.25, 0.3) is 11.4 Å². The number of rotatable bonds is 10. The van der Waals surface area contributed by atoms with Crippen LogP contribution in [0.1, 0.15) is 5.56 Å². The van der Waals surface area contributed by atoms with Gasteiger partial charge in [-0.15, -0.1) is 10.2 Å². The van der Waals surface area contributed by atoms with Gasteiger partial charge < -0.3 is 29.2 Å². The van der Waals surface area contributed by atoms with Crippen LogP contribution in [-0.4, -0.2) is 66.0 Å². The number of fused-ring (bicyclic) bond motifs is 1. The van der Waals surface area contributed by atoms with Crippen molar-refractivity contribution in [2.24, 2.45) is 0 Å². The lowest BCUT2D eigenvalue weighted by Gasteiger charge is -2.25. The third-order valence-corrected chi connectivity index (χ3v) is 6.14. The van der Waals surface area contributed by atoms with Crippen molar-refractivity contribution in [2.45, 2.75) is 13.1 Å². The Morgan fingerprint density at radius 3 is 2.50 bits per heavy atom. The molecule has 0 saturated carbocycles. The second kappa shape index (κ2) is 12.2. The second-order valence-corrected chi connectivity index (χ2v) is 8.78. The third kappa shape index (κ3) is 6.12. The summed E-state index contributed by atoms with van der Waals surface area (Å²) in [7, 11) is 3.08. The number of tetrazole rings is 1. The Hall–Kier alpha value is -5.13. The van der Waals surface area contributed by atoms with Crippen LogP contribution in [-0.2, 0) is 22.7 Å². The average Bonchev–Trinajstić information content (AvgIpc) is 3.47. The van der Waals surface area contributed by atoms with E-state index in [1.807, 2.05) is 30.3 Å². The van der Waals surface area contributed by atoms with Crippen molar-refractivity contribution < 1.29 is 28.5 Å². The van der Waals surface area contributed by atoms with Gasteiger partial charge in [-0.2, -0.15) is 4.80 Å². The maximum Gasteiger partial charge on any atom is 0.251 e. The number of hydrogen-bond acceptors (Lipinski definition) is 9. The molecule has 0 atom stereocenters. The summed E-state index contributed by atoms with van der Waals surface area (Å²) in [6, 6.07) is 19.9. The summed E-state index contributed by atoms with van der Waals surface area (Å²) in [5, 5.41) is 15.3. The first-order valence-corrected chi connectivity index (χ1v) is 12.5. The van der Waals surface area contributed by atoms with Crippen molar-refractivity contribution >= 4 is 17.5 Å². The van der Waals surface area contributed by atoms with E-state index in [4.69, 9.17) is 18.9 Å². The second-order valence-electron chi connectivity index (χ2n) is 8.78. The summed E-state index contributed by atoms with van der Waals surface area (Å²) < 4.78 is 21.9. The summed E-state index contributed by atoms with van der Waals surface area (Å²) in [6.45, 7) is 0.701. The first-order valence-electron chi connectivity index (χ1n) is 12.5. The molecule has 0 unspecified atom stereocenters. The van der Waals surface area contributed by atoms with Crippen LogP contribution >= 0.6 is 0 Å². The molecule has 12 heteroatoms. The molecule has 1 aliphatic rings. The Kier molecular flexibility index (Phi) is 8.05. The number of nitrogens with zero attached hydrogens (tertiary/aromatic N) is 5. The van der Waals surface area contributed by atoms with Crippen molar-refractivity contribution in [3.63, 3.8) is 0 Å². The van der Waals surface area contributed by atoms with E-state index in [-0.39, 0.29) is 19.0 Å². The first-order chi connectivity index (χ1) is 19.5. The zero-order valence-corrected chi connectivity index (χ0v) is 22.1. The molecule has 1 aromatic heterocycles. The summed E-state index contributed by atoms with van der Waals surface area (Å²) in [5.41, 5.74) is 2.06. The zero-order chi connectivity index (χ0) is 27.9. The van der Waals surface area contributed by atoms with Gasteiger partial charge >= 0.3 is 0 Å². The molecule has 2 amide bonds. The van der Waals surface area contributed by atoms with Crippen LogP contribution in [0.5, 0.6) is 23.0 Å². The Bertz CT molecular complexity index is 1490. The number of hydrogen-bond donors (Lipinski definition) is 1. The first kappa shape index (κ1) is 26.5. The van der Waals surface area contributed by atoms with Crippen LogP contribution < -0.4 is 29.2 Å². The molecule has 1 aliphatic heterocycles. The Balaban J connectivity index is 1.34. The number of methoxy groups -OCH3 is 2. The fourth-order valence-corrected chi connectivity index (χ4v) is 4.13. The van der Waals surface area contributed by atoms with Crippen molar-refractivity contribution in [3.05, 3.63) is 72.3 Å². The van der Waals surface area contributed by atoms with Crippen molar-refractivity contribution in [2.75, 3.05) is 38.9 Å². The number of anilines is 1. The van der Waals surface area contributed by atoms with E-state index in [0.29, 0.717) is 59.8 Å². The lowest BCUT2D eigenvalue weighted by molar-refractivity contribution is -0.124. The molecule has 0 fully saturated rings. The maximum absolute atomic E-state index is 13.5. The molecule has 0 radical (unpaired) electrons. The van der Waals surface area contributed by atoms with Crippen LogP contribution in [0.3, 0.4) is 0 Å². The molecule has 1 N–H and O–H groups in total. The molecule has 0 saturated heterocycles. The SMILES string of the molecule is COc1ccc(-c2nnn(CC(=O)N(CC(=O)NCc3ccccc3)c3ccc4c(c3)OCCO4)n2)cc1OC. The van der Waals surface area contributed by atoms with Gasteiger partial charge in [0.1, 0.15) is 26.3 Å². The van der Waals surface area contributed by atoms with Gasteiger partial charge in [0.05, 0.1) is 14.2 Å². The van der Waals surface area contributed by atoms with Crippen molar-refractivity contribution in [1.82, 2.24) is 25.5 Å². The fraction of sp³-hybridized carbons (Fsp3) is 0.250. The van der Waals surface area contributed by atoms with E-state index in [2.05, 4.69) is 20.7 Å². The van der Waals surface area contributed by atoms with Crippen LogP contribution in [0, 0.1) is 0 Å². The average molecular weight is 545 g/mol. The van der Waals surface area contributed by atoms with Crippen LogP contribution in [0.2, 0.25) is 0 Å². The van der Waals surface area contributed by atoms with Crippen LogP contribution in [0.15, 0.2) is 66.7 Å². The highest BCUT2D eigenvalue weighted by Crippen LogP contribution is 2.34. The molecule has 12 nitrogen and oxygen atoms in total. The zero-order valence-electron chi connectivity index (χ0n) is 22.1. The molecule has 2 heterocycles. The van der Waals surface area contributed by atoms with Crippen molar-refractivity contribution in [1.29, 1.82) is 0 Å². The van der Waals surface area contributed by atoms with E-state index >= 15 is 0 Å². The number of carbonyl (C=O) groups excluding carboxylic acids is 2. The third-order valence-electron chi connectivity index (χ3n) is 6.14. The summed E-state index contributed by atoms with van der Waals surface area (Å²) >= 11 is 0. The molecule has 0 spiro atoms. The molecule has 5 rings (SSSR count). The van der Waals surface area contributed by atoms with Gasteiger partial charge in [0.15, 0.2) is 23.0 Å². The highest BCUT2D eigenvalue weighted by Gasteiger charge is 2.23. The molecule has 206 valence electrons. The Labute approximate surface area is 230 Å². The molecule has 3 aromatic carbocycles. The molecule has 0 bridgehead atoms. The van der Waals surface area contributed by atoms with E-state index in [0.717, 1.165) is 5.56 Å². The maximum atomic E-state index is 13.5. The predicted molar refractivity (Wildman–Crippen MR) is 144 cm³/mol. The smallest absolute Gasteiger partial charge is 0.251 e. The fourth-order valence-electron chi connectivity index (χ4n) is 4.13. The van der Waals surface area contributed by atoms with E-state index < -0.39 is 5.91 Å². The highest BCUT2D eigenvalue weighted by atomic mass is 16.6.